The summed E-state index contributed by atoms with van der Waals surface area (Å²) in [4.78, 5) is 18.6. The molecule has 6 nitrogen and oxygen atoms in total. The van der Waals surface area contributed by atoms with E-state index in [9.17, 15) is 22.4 Å². The molecule has 1 amide bonds. The number of primary amides is 1. The van der Waals surface area contributed by atoms with Gasteiger partial charge in [0.15, 0.2) is 11.6 Å². The molecule has 35 heavy (non-hydrogen) atoms. The first kappa shape index (κ1) is 24.7. The van der Waals surface area contributed by atoms with E-state index in [1.165, 1.54) is 32.4 Å². The first-order chi connectivity index (χ1) is 16.4. The third-order valence-corrected chi connectivity index (χ3v) is 6.96. The summed E-state index contributed by atoms with van der Waals surface area (Å²) in [5.74, 6) is -8.23. The molecule has 0 unspecified atom stereocenters. The van der Waals surface area contributed by atoms with Crippen LogP contribution in [0.4, 0.5) is 17.6 Å². The Morgan fingerprint density at radius 1 is 1.23 bits per heavy atom. The fraction of sp³-hybridized carbons (Fsp3) is 0.360. The number of alkyl halides is 2. The SMILES string of the molecule is COc1c([C@@H]2[C@@H](c3ccc(-c4ccnc(C(N)=O)c4)[nH]3)O[C@](C)(C(C)(F)F)[C@@H]2C)ccc(F)c1F. The molecule has 1 aliphatic rings. The Morgan fingerprint density at radius 2 is 1.94 bits per heavy atom. The maximum Gasteiger partial charge on any atom is 0.273 e. The average Bonchev–Trinajstić information content (AvgIpc) is 3.39. The molecule has 1 saturated heterocycles. The minimum absolute atomic E-state index is 0.0620. The smallest absolute Gasteiger partial charge is 0.273 e. The van der Waals surface area contributed by atoms with Crippen molar-refractivity contribution in [3.05, 3.63) is 71.2 Å². The normalized spacial score (nSPS) is 24.5. The zero-order valence-corrected chi connectivity index (χ0v) is 19.5. The maximum absolute atomic E-state index is 14.8. The van der Waals surface area contributed by atoms with Crippen molar-refractivity contribution in [1.29, 1.82) is 0 Å². The quantitative estimate of drug-likeness (QED) is 0.454. The standard InChI is InChI=1S/C25H25F4N3O3/c1-12-19(14-5-6-15(26)20(27)21(14)34-4)22(35-24(12,2)25(3,28)29)17-8-7-16(32-17)13-9-10-31-18(11-13)23(30)33/h5-12,19,22,32H,1-4H3,(H2,30,33)/t12-,19-,22-,24+/m1/s1. The summed E-state index contributed by atoms with van der Waals surface area (Å²) in [5.41, 5.74) is 5.27. The lowest BCUT2D eigenvalue weighted by Gasteiger charge is -2.35. The molecule has 1 fully saturated rings. The number of amides is 1. The summed E-state index contributed by atoms with van der Waals surface area (Å²) in [6.45, 7) is 3.67. The molecule has 3 heterocycles. The highest BCUT2D eigenvalue weighted by Crippen LogP contribution is 2.59. The van der Waals surface area contributed by atoms with Crippen molar-refractivity contribution in [3.63, 3.8) is 0 Å². The van der Waals surface area contributed by atoms with Gasteiger partial charge in [-0.25, -0.2) is 13.2 Å². The van der Waals surface area contributed by atoms with Gasteiger partial charge in [0, 0.05) is 47.5 Å². The molecular formula is C25H25F4N3O3. The van der Waals surface area contributed by atoms with E-state index in [1.54, 1.807) is 25.1 Å². The Labute approximate surface area is 199 Å². The van der Waals surface area contributed by atoms with E-state index in [-0.39, 0.29) is 17.0 Å². The Balaban J connectivity index is 1.83. The van der Waals surface area contributed by atoms with E-state index in [0.29, 0.717) is 17.0 Å². The number of nitrogens with two attached hydrogens (primary N) is 1. The molecule has 3 aromatic rings. The van der Waals surface area contributed by atoms with E-state index < -0.39 is 47.0 Å². The Morgan fingerprint density at radius 3 is 2.57 bits per heavy atom. The summed E-state index contributed by atoms with van der Waals surface area (Å²) in [6.07, 6.45) is 0.457. The lowest BCUT2D eigenvalue weighted by molar-refractivity contribution is -0.196. The lowest BCUT2D eigenvalue weighted by Crippen LogP contribution is -2.47. The number of H-pyrrole nitrogens is 1. The number of carbonyl (C=O) groups is 1. The number of ether oxygens (including phenoxy) is 2. The Kier molecular flexibility index (Phi) is 6.12. The van der Waals surface area contributed by atoms with Crippen LogP contribution < -0.4 is 10.5 Å². The number of hydrogen-bond donors (Lipinski definition) is 2. The highest BCUT2D eigenvalue weighted by Gasteiger charge is 2.61. The highest BCUT2D eigenvalue weighted by atomic mass is 19.3. The van der Waals surface area contributed by atoms with Crippen molar-refractivity contribution in [2.45, 2.75) is 44.3 Å². The number of benzene rings is 1. The summed E-state index contributed by atoms with van der Waals surface area (Å²) in [7, 11) is 1.19. The van der Waals surface area contributed by atoms with Gasteiger partial charge in [-0.05, 0) is 37.3 Å². The zero-order chi connectivity index (χ0) is 25.7. The zero-order valence-electron chi connectivity index (χ0n) is 19.5. The molecule has 1 aromatic carbocycles. The van der Waals surface area contributed by atoms with Gasteiger partial charge in [0.1, 0.15) is 17.4 Å². The van der Waals surface area contributed by atoms with Crippen LogP contribution >= 0.6 is 0 Å². The molecule has 3 N–H and O–H groups in total. The molecule has 0 aliphatic carbocycles. The van der Waals surface area contributed by atoms with Crippen LogP contribution in [0.15, 0.2) is 42.6 Å². The van der Waals surface area contributed by atoms with Gasteiger partial charge in [0.05, 0.1) is 7.11 Å². The number of nitrogens with one attached hydrogen (secondary N) is 1. The average molecular weight is 491 g/mol. The fourth-order valence-electron chi connectivity index (χ4n) is 4.74. The molecule has 2 aromatic heterocycles. The monoisotopic (exact) mass is 491 g/mol. The van der Waals surface area contributed by atoms with Crippen molar-refractivity contribution >= 4 is 5.91 Å². The number of methoxy groups -OCH3 is 1. The number of aromatic nitrogens is 2. The molecule has 1 aliphatic heterocycles. The molecule has 186 valence electrons. The summed E-state index contributed by atoms with van der Waals surface area (Å²) < 4.78 is 69.3. The number of halogens is 4. The fourth-order valence-corrected chi connectivity index (χ4v) is 4.74. The number of aromatic amines is 1. The molecule has 0 saturated carbocycles. The van der Waals surface area contributed by atoms with Gasteiger partial charge in [-0.1, -0.05) is 13.0 Å². The number of carbonyl (C=O) groups excluding carboxylic acids is 1. The Bertz CT molecular complexity index is 1270. The second kappa shape index (κ2) is 8.67. The van der Waals surface area contributed by atoms with Crippen LogP contribution in [0.2, 0.25) is 0 Å². The molecule has 0 spiro atoms. The van der Waals surface area contributed by atoms with Gasteiger partial charge in [-0.2, -0.15) is 4.39 Å². The third kappa shape index (κ3) is 4.05. The summed E-state index contributed by atoms with van der Waals surface area (Å²) in [5, 5.41) is 0. The second-order valence-corrected chi connectivity index (χ2v) is 8.95. The summed E-state index contributed by atoms with van der Waals surface area (Å²) >= 11 is 0. The molecule has 10 heteroatoms. The van der Waals surface area contributed by atoms with E-state index in [4.69, 9.17) is 15.2 Å². The van der Waals surface area contributed by atoms with Crippen molar-refractivity contribution in [3.8, 4) is 17.0 Å². The number of nitrogens with zero attached hydrogens (tertiary/aromatic N) is 1. The number of hydrogen-bond acceptors (Lipinski definition) is 4. The van der Waals surface area contributed by atoms with Crippen molar-refractivity contribution in [2.75, 3.05) is 7.11 Å². The van der Waals surface area contributed by atoms with Crippen molar-refractivity contribution in [1.82, 2.24) is 9.97 Å². The maximum atomic E-state index is 14.8. The van der Waals surface area contributed by atoms with E-state index in [2.05, 4.69) is 9.97 Å². The number of pyridine rings is 1. The summed E-state index contributed by atoms with van der Waals surface area (Å²) in [6, 6.07) is 8.79. The molecular weight excluding hydrogens is 466 g/mol. The van der Waals surface area contributed by atoms with Gasteiger partial charge >= 0.3 is 0 Å². The predicted octanol–water partition coefficient (Wildman–Crippen LogP) is 5.37. The highest BCUT2D eigenvalue weighted by molar-refractivity contribution is 5.91. The van der Waals surface area contributed by atoms with Crippen LogP contribution in [0.3, 0.4) is 0 Å². The predicted molar refractivity (Wildman–Crippen MR) is 120 cm³/mol. The molecule has 4 rings (SSSR count). The van der Waals surface area contributed by atoms with Gasteiger partial charge in [-0.3, -0.25) is 9.78 Å². The van der Waals surface area contributed by atoms with Gasteiger partial charge in [0.2, 0.25) is 5.82 Å². The van der Waals surface area contributed by atoms with Gasteiger partial charge in [0.25, 0.3) is 11.8 Å². The topological polar surface area (TPSA) is 90.2 Å². The Hall–Kier alpha value is -3.40. The van der Waals surface area contributed by atoms with Crippen LogP contribution in [0.1, 0.15) is 54.5 Å². The van der Waals surface area contributed by atoms with Gasteiger partial charge < -0.3 is 20.2 Å². The van der Waals surface area contributed by atoms with Crippen LogP contribution in [-0.2, 0) is 4.74 Å². The van der Waals surface area contributed by atoms with E-state index in [1.807, 2.05) is 0 Å². The molecule has 4 atom stereocenters. The first-order valence-electron chi connectivity index (χ1n) is 10.9. The first-order valence-corrected chi connectivity index (χ1v) is 10.9. The van der Waals surface area contributed by atoms with Crippen LogP contribution in [0.5, 0.6) is 5.75 Å². The van der Waals surface area contributed by atoms with E-state index in [0.717, 1.165) is 13.0 Å². The molecule has 0 bridgehead atoms. The van der Waals surface area contributed by atoms with Gasteiger partial charge in [-0.15, -0.1) is 0 Å². The van der Waals surface area contributed by atoms with Crippen LogP contribution in [0, 0.1) is 17.6 Å². The minimum Gasteiger partial charge on any atom is -0.493 e. The van der Waals surface area contributed by atoms with Crippen molar-refractivity contribution in [2.24, 2.45) is 11.7 Å². The van der Waals surface area contributed by atoms with Crippen LogP contribution in [-0.4, -0.2) is 34.5 Å². The minimum atomic E-state index is -3.25. The second-order valence-electron chi connectivity index (χ2n) is 8.95. The lowest BCUT2D eigenvalue weighted by atomic mass is 9.74. The number of rotatable bonds is 6. The largest absolute Gasteiger partial charge is 0.493 e. The van der Waals surface area contributed by atoms with Crippen LogP contribution in [0.25, 0.3) is 11.3 Å². The molecule has 0 radical (unpaired) electrons. The van der Waals surface area contributed by atoms with Crippen molar-refractivity contribution < 1.29 is 31.8 Å². The third-order valence-electron chi connectivity index (χ3n) is 6.96. The van der Waals surface area contributed by atoms with E-state index >= 15 is 0 Å².